The van der Waals surface area contributed by atoms with Crippen LogP contribution in [-0.2, 0) is 9.53 Å². The van der Waals surface area contributed by atoms with Crippen molar-refractivity contribution in [1.29, 1.82) is 0 Å². The molecule has 51 heavy (non-hydrogen) atoms. The summed E-state index contributed by atoms with van der Waals surface area (Å²) in [6.45, 7) is 14.8. The summed E-state index contributed by atoms with van der Waals surface area (Å²) in [7, 11) is 2.11. The second kappa shape index (κ2) is 25.5. The number of amides is 3. The molecule has 1 heterocycles. The third kappa shape index (κ3) is 14.6. The number of rotatable bonds is 15. The highest BCUT2D eigenvalue weighted by Crippen LogP contribution is 2.39. The molecule has 0 aromatic heterocycles. The first-order valence-corrected chi connectivity index (χ1v) is 18.2. The number of likely N-dealkylation sites (tertiary alicyclic amines) is 1. The summed E-state index contributed by atoms with van der Waals surface area (Å²) in [5, 5.41) is 2.67. The molecule has 1 aliphatic heterocycles. The van der Waals surface area contributed by atoms with Crippen molar-refractivity contribution in [1.82, 2.24) is 15.1 Å². The van der Waals surface area contributed by atoms with Gasteiger partial charge in [-0.25, -0.2) is 13.6 Å². The van der Waals surface area contributed by atoms with Crippen LogP contribution < -0.4 is 10.1 Å². The lowest BCUT2D eigenvalue weighted by Crippen LogP contribution is -2.50. The molecule has 2 aromatic rings. The first-order chi connectivity index (χ1) is 24.5. The molecule has 0 bridgehead atoms. The van der Waals surface area contributed by atoms with E-state index in [9.17, 15) is 22.8 Å². The molecule has 0 saturated carbocycles. The highest BCUT2D eigenvalue weighted by Gasteiger charge is 2.37. The third-order valence-corrected chi connectivity index (χ3v) is 8.66. The van der Waals surface area contributed by atoms with Gasteiger partial charge in [0, 0.05) is 66.7 Å². The molecule has 12 heteroatoms. The topological polar surface area (TPSA) is 71.1 Å². The third-order valence-electron chi connectivity index (χ3n) is 8.19. The minimum absolute atomic E-state index is 0.0760. The Morgan fingerprint density at radius 3 is 2.24 bits per heavy atom. The van der Waals surface area contributed by atoms with E-state index < -0.39 is 12.5 Å². The molecule has 0 aliphatic carbocycles. The number of urea groups is 1. The van der Waals surface area contributed by atoms with Gasteiger partial charge >= 0.3 is 6.03 Å². The monoisotopic (exact) mass is 753 g/mol. The normalized spacial score (nSPS) is 14.1. The van der Waals surface area contributed by atoms with E-state index in [2.05, 4.69) is 31.4 Å². The van der Waals surface area contributed by atoms with Gasteiger partial charge in [-0.15, -0.1) is 24.2 Å². The van der Waals surface area contributed by atoms with Crippen LogP contribution in [0.15, 0.2) is 77.7 Å². The lowest BCUT2D eigenvalue weighted by Gasteiger charge is -2.42. The Morgan fingerprint density at radius 1 is 1.08 bits per heavy atom. The molecule has 2 atom stereocenters. The number of hydrogen-bond acceptors (Lipinski definition) is 5. The van der Waals surface area contributed by atoms with Gasteiger partial charge in [-0.1, -0.05) is 56.9 Å². The quantitative estimate of drug-likeness (QED) is 0.0823. The van der Waals surface area contributed by atoms with Gasteiger partial charge in [0.2, 0.25) is 5.91 Å². The van der Waals surface area contributed by atoms with Crippen LogP contribution in [0.1, 0.15) is 82.4 Å². The Bertz CT molecular complexity index is 1400. The van der Waals surface area contributed by atoms with E-state index in [0.717, 1.165) is 35.3 Å². The SMILES string of the molecule is C=C(c1ccc(C(F)F)cc1OCC)N(C(=O)N1CCCCC1)C(C(/C=C\CCl)=C/C)C(C)c1ccc(S)cc1.CCC(=O)NCCOC.CF. The van der Waals surface area contributed by atoms with Crippen molar-refractivity contribution in [2.24, 2.45) is 0 Å². The lowest BCUT2D eigenvalue weighted by molar-refractivity contribution is -0.120. The van der Waals surface area contributed by atoms with Gasteiger partial charge in [0.1, 0.15) is 5.75 Å². The van der Waals surface area contributed by atoms with Crippen LogP contribution in [0.25, 0.3) is 5.70 Å². The van der Waals surface area contributed by atoms with Crippen molar-refractivity contribution in [2.75, 3.05) is 53.0 Å². The van der Waals surface area contributed by atoms with Gasteiger partial charge in [-0.3, -0.25) is 14.1 Å². The Hall–Kier alpha value is -3.41. The van der Waals surface area contributed by atoms with Gasteiger partial charge in [-0.05, 0) is 68.5 Å². The predicted octanol–water partition coefficient (Wildman–Crippen LogP) is 9.85. The highest BCUT2D eigenvalue weighted by atomic mass is 35.5. The first-order valence-electron chi connectivity index (χ1n) is 17.2. The molecule has 7 nitrogen and oxygen atoms in total. The zero-order valence-electron chi connectivity index (χ0n) is 30.8. The van der Waals surface area contributed by atoms with Crippen molar-refractivity contribution in [3.63, 3.8) is 0 Å². The summed E-state index contributed by atoms with van der Waals surface area (Å²) in [6, 6.07) is 11.5. The minimum Gasteiger partial charge on any atom is -0.493 e. The summed E-state index contributed by atoms with van der Waals surface area (Å²) >= 11 is 10.5. The fourth-order valence-electron chi connectivity index (χ4n) is 5.54. The molecule has 3 rings (SSSR count). The van der Waals surface area contributed by atoms with Crippen LogP contribution in [0.5, 0.6) is 5.75 Å². The fraction of sp³-hybridized carbons (Fsp3) is 0.487. The van der Waals surface area contributed by atoms with Crippen LogP contribution in [0, 0.1) is 0 Å². The van der Waals surface area contributed by atoms with Crippen molar-refractivity contribution >= 4 is 41.9 Å². The van der Waals surface area contributed by atoms with Gasteiger partial charge in [-0.2, -0.15) is 0 Å². The number of allylic oxidation sites excluding steroid dienone is 2. The number of methoxy groups -OCH3 is 1. The Balaban J connectivity index is 0.00000103. The van der Waals surface area contributed by atoms with E-state index in [1.807, 2.05) is 61.2 Å². The number of nitrogens with zero attached hydrogens (tertiary/aromatic N) is 2. The Kier molecular flexibility index (Phi) is 22.8. The molecule has 1 saturated heterocycles. The van der Waals surface area contributed by atoms with Crippen LogP contribution in [0.3, 0.4) is 0 Å². The predicted molar refractivity (Wildman–Crippen MR) is 206 cm³/mol. The van der Waals surface area contributed by atoms with E-state index in [-0.39, 0.29) is 35.8 Å². The number of halogens is 4. The Morgan fingerprint density at radius 2 is 1.71 bits per heavy atom. The van der Waals surface area contributed by atoms with E-state index in [1.54, 1.807) is 25.0 Å². The molecular weight excluding hydrogens is 699 g/mol. The number of nitrogens with one attached hydrogen (secondary N) is 1. The van der Waals surface area contributed by atoms with Crippen molar-refractivity contribution in [3.8, 4) is 5.75 Å². The standard InChI is InChI=1S/C32H39ClF2N2O2S.C6H13NO2.CH3F/c1-5-24(11-10-18-33)30(22(3)25-12-15-27(40)16-13-25)37(32(38)36-19-8-7-9-20-36)23(4)28-17-14-26(31(34)35)21-29(28)39-6-2;1-3-6(8)7-4-5-9-2;1-2/h5,10-17,21-22,30-31,40H,4,6-9,18-20H2,1-3H3;3-5H2,1-2H3,(H,7,8);1H3/b11-10-,24-5+;;. The number of alkyl halides is 4. The summed E-state index contributed by atoms with van der Waals surface area (Å²) in [5.41, 5.74) is 2.64. The first kappa shape index (κ1) is 45.6. The fourth-order valence-corrected chi connectivity index (χ4v) is 5.78. The van der Waals surface area contributed by atoms with Crippen LogP contribution in [0.2, 0.25) is 0 Å². The van der Waals surface area contributed by atoms with Crippen molar-refractivity contribution in [3.05, 3.63) is 89.5 Å². The van der Waals surface area contributed by atoms with E-state index in [4.69, 9.17) is 21.1 Å². The molecule has 2 aromatic carbocycles. The minimum atomic E-state index is -2.65. The second-order valence-electron chi connectivity index (χ2n) is 11.5. The summed E-state index contributed by atoms with van der Waals surface area (Å²) < 4.78 is 47.2. The average molecular weight is 754 g/mol. The van der Waals surface area contributed by atoms with Gasteiger partial charge in [0.25, 0.3) is 6.43 Å². The number of thiol groups is 1. The molecule has 284 valence electrons. The number of benzene rings is 2. The summed E-state index contributed by atoms with van der Waals surface area (Å²) in [4.78, 5) is 29.4. The van der Waals surface area contributed by atoms with E-state index in [0.29, 0.717) is 57.0 Å². The molecule has 1 N–H and O–H groups in total. The molecule has 1 aliphatic rings. The number of carbonyl (C=O) groups is 2. The molecule has 3 amide bonds. The highest BCUT2D eigenvalue weighted by molar-refractivity contribution is 7.80. The second-order valence-corrected chi connectivity index (χ2v) is 12.3. The van der Waals surface area contributed by atoms with E-state index >= 15 is 0 Å². The van der Waals surface area contributed by atoms with Crippen LogP contribution in [-0.4, -0.2) is 80.8 Å². The summed E-state index contributed by atoms with van der Waals surface area (Å²) in [6.07, 6.45) is 6.58. The van der Waals surface area contributed by atoms with Crippen molar-refractivity contribution in [2.45, 2.75) is 76.7 Å². The lowest BCUT2D eigenvalue weighted by atomic mass is 9.86. The molecular formula is C39H55ClF3N3O4S. The molecule has 2 unspecified atom stereocenters. The maximum atomic E-state index is 14.4. The smallest absolute Gasteiger partial charge is 0.325 e. The molecule has 1 fully saturated rings. The average Bonchev–Trinajstić information content (AvgIpc) is 3.15. The number of hydrogen-bond donors (Lipinski definition) is 2. The van der Waals surface area contributed by atoms with Crippen LogP contribution >= 0.6 is 24.2 Å². The molecule has 0 radical (unpaired) electrons. The van der Waals surface area contributed by atoms with Gasteiger partial charge in [0.15, 0.2) is 0 Å². The van der Waals surface area contributed by atoms with Gasteiger partial charge in [0.05, 0.1) is 26.4 Å². The van der Waals surface area contributed by atoms with Gasteiger partial charge < -0.3 is 19.7 Å². The maximum Gasteiger partial charge on any atom is 0.325 e. The number of piperidine rings is 1. The maximum absolute atomic E-state index is 14.4. The zero-order valence-corrected chi connectivity index (χ0v) is 32.4. The summed E-state index contributed by atoms with van der Waals surface area (Å²) in [5.74, 6) is 0.497. The van der Waals surface area contributed by atoms with E-state index in [1.165, 1.54) is 12.1 Å². The Labute approximate surface area is 313 Å². The number of carbonyl (C=O) groups excluding carboxylic acids is 2. The zero-order chi connectivity index (χ0) is 38.3. The van der Waals surface area contributed by atoms with Crippen molar-refractivity contribution < 1.29 is 32.2 Å². The molecule has 0 spiro atoms. The number of ether oxygens (including phenoxy) is 2. The van der Waals surface area contributed by atoms with Crippen LogP contribution in [0.4, 0.5) is 18.0 Å². The largest absolute Gasteiger partial charge is 0.493 e.